The molecule has 1 unspecified atom stereocenters. The van der Waals surface area contributed by atoms with E-state index in [2.05, 4.69) is 38.0 Å². The number of thiophene rings is 1. The third kappa shape index (κ3) is 2.74. The number of hydrogen-bond donors (Lipinski definition) is 2. The standard InChI is InChI=1S/C17H19N5S/c1-10-9-15(22-21-10)20-17-16-12(14-7-4-8-23-14)5-3-6-13(16)18-11(2)19-17/h4,7-9,12H,3,5-6H2,1-2H3,(H2,18,19,20,21,22). The smallest absolute Gasteiger partial charge is 0.153 e. The summed E-state index contributed by atoms with van der Waals surface area (Å²) < 4.78 is 0. The molecular weight excluding hydrogens is 306 g/mol. The van der Waals surface area contributed by atoms with Gasteiger partial charge >= 0.3 is 0 Å². The van der Waals surface area contributed by atoms with Crippen LogP contribution in [0.15, 0.2) is 23.6 Å². The van der Waals surface area contributed by atoms with Gasteiger partial charge < -0.3 is 5.32 Å². The summed E-state index contributed by atoms with van der Waals surface area (Å²) >= 11 is 1.81. The van der Waals surface area contributed by atoms with Crippen LogP contribution >= 0.6 is 11.3 Å². The van der Waals surface area contributed by atoms with Gasteiger partial charge in [-0.1, -0.05) is 6.07 Å². The van der Waals surface area contributed by atoms with Gasteiger partial charge in [-0.3, -0.25) is 5.10 Å². The van der Waals surface area contributed by atoms with E-state index in [1.165, 1.54) is 22.6 Å². The number of aromatic amines is 1. The first-order valence-electron chi connectivity index (χ1n) is 7.90. The molecule has 0 spiro atoms. The molecule has 1 atom stereocenters. The SMILES string of the molecule is Cc1nc2c(c(Nc3cc(C)[nH]n3)n1)C(c1cccs1)CCC2. The van der Waals surface area contributed by atoms with E-state index < -0.39 is 0 Å². The molecule has 4 rings (SSSR count). The highest BCUT2D eigenvalue weighted by Crippen LogP contribution is 2.41. The van der Waals surface area contributed by atoms with Gasteiger partial charge in [-0.05, 0) is 44.6 Å². The number of fused-ring (bicyclic) bond motifs is 1. The Morgan fingerprint density at radius 3 is 2.96 bits per heavy atom. The molecule has 0 saturated carbocycles. The minimum atomic E-state index is 0.377. The largest absolute Gasteiger partial charge is 0.323 e. The number of aryl methyl sites for hydroxylation is 3. The van der Waals surface area contributed by atoms with Gasteiger partial charge in [0.2, 0.25) is 0 Å². The minimum Gasteiger partial charge on any atom is -0.323 e. The summed E-state index contributed by atoms with van der Waals surface area (Å²) in [6.45, 7) is 3.95. The van der Waals surface area contributed by atoms with Crippen LogP contribution in [-0.4, -0.2) is 20.2 Å². The number of rotatable bonds is 3. The average molecular weight is 325 g/mol. The fraction of sp³-hybridized carbons (Fsp3) is 0.353. The van der Waals surface area contributed by atoms with Crippen LogP contribution in [0.3, 0.4) is 0 Å². The molecule has 3 heterocycles. The Kier molecular flexibility index (Phi) is 3.61. The lowest BCUT2D eigenvalue weighted by molar-refractivity contribution is 0.604. The van der Waals surface area contributed by atoms with Gasteiger partial charge in [-0.25, -0.2) is 9.97 Å². The number of hydrogen-bond acceptors (Lipinski definition) is 5. The van der Waals surface area contributed by atoms with Crippen LogP contribution < -0.4 is 5.32 Å². The van der Waals surface area contributed by atoms with Gasteiger partial charge in [0, 0.05) is 28.1 Å². The first-order chi connectivity index (χ1) is 11.2. The molecule has 0 fully saturated rings. The lowest BCUT2D eigenvalue weighted by atomic mass is 9.84. The van der Waals surface area contributed by atoms with Crippen LogP contribution in [0.4, 0.5) is 11.6 Å². The fourth-order valence-electron chi connectivity index (χ4n) is 3.29. The molecular formula is C17H19N5S. The van der Waals surface area contributed by atoms with Gasteiger partial charge in [-0.2, -0.15) is 5.10 Å². The van der Waals surface area contributed by atoms with E-state index in [-0.39, 0.29) is 0 Å². The molecule has 0 bridgehead atoms. The Bertz CT molecular complexity index is 822. The highest BCUT2D eigenvalue weighted by atomic mass is 32.1. The van der Waals surface area contributed by atoms with E-state index >= 15 is 0 Å². The number of aromatic nitrogens is 4. The van der Waals surface area contributed by atoms with Crippen LogP contribution in [0, 0.1) is 13.8 Å². The number of H-pyrrole nitrogens is 1. The maximum Gasteiger partial charge on any atom is 0.153 e. The van der Waals surface area contributed by atoms with Crippen molar-refractivity contribution in [3.63, 3.8) is 0 Å². The molecule has 118 valence electrons. The Morgan fingerprint density at radius 2 is 2.22 bits per heavy atom. The third-order valence-corrected chi connectivity index (χ3v) is 5.22. The summed E-state index contributed by atoms with van der Waals surface area (Å²) in [6.07, 6.45) is 3.34. The second-order valence-electron chi connectivity index (χ2n) is 6.00. The molecule has 0 aromatic carbocycles. The van der Waals surface area contributed by atoms with Crippen molar-refractivity contribution in [2.24, 2.45) is 0 Å². The molecule has 0 radical (unpaired) electrons. The average Bonchev–Trinajstić information content (AvgIpc) is 3.18. The molecule has 2 N–H and O–H groups in total. The fourth-order valence-corrected chi connectivity index (χ4v) is 4.16. The highest BCUT2D eigenvalue weighted by molar-refractivity contribution is 7.10. The number of nitrogens with zero attached hydrogens (tertiary/aromatic N) is 3. The summed E-state index contributed by atoms with van der Waals surface area (Å²) in [7, 11) is 0. The van der Waals surface area contributed by atoms with Gasteiger partial charge in [0.05, 0.1) is 5.69 Å². The van der Waals surface area contributed by atoms with Gasteiger partial charge in [0.1, 0.15) is 11.6 Å². The summed E-state index contributed by atoms with van der Waals surface area (Å²) in [6, 6.07) is 6.33. The van der Waals surface area contributed by atoms with Crippen molar-refractivity contribution >= 4 is 23.0 Å². The normalized spacial score (nSPS) is 17.0. The Balaban J connectivity index is 1.81. The Morgan fingerprint density at radius 1 is 1.30 bits per heavy atom. The maximum atomic E-state index is 4.71. The van der Waals surface area contributed by atoms with Crippen molar-refractivity contribution in [2.75, 3.05) is 5.32 Å². The molecule has 5 nitrogen and oxygen atoms in total. The predicted molar refractivity (Wildman–Crippen MR) is 92.5 cm³/mol. The summed E-state index contributed by atoms with van der Waals surface area (Å²) in [5.74, 6) is 2.89. The van der Waals surface area contributed by atoms with Crippen molar-refractivity contribution in [1.29, 1.82) is 0 Å². The zero-order valence-electron chi connectivity index (χ0n) is 13.3. The minimum absolute atomic E-state index is 0.377. The monoisotopic (exact) mass is 325 g/mol. The second kappa shape index (κ2) is 5.77. The van der Waals surface area contributed by atoms with Crippen molar-refractivity contribution in [3.8, 4) is 0 Å². The number of anilines is 2. The van der Waals surface area contributed by atoms with Crippen LogP contribution in [-0.2, 0) is 6.42 Å². The van der Waals surface area contributed by atoms with Gasteiger partial charge in [0.25, 0.3) is 0 Å². The van der Waals surface area contributed by atoms with Crippen molar-refractivity contribution in [1.82, 2.24) is 20.2 Å². The van der Waals surface area contributed by atoms with Crippen molar-refractivity contribution in [3.05, 3.63) is 51.2 Å². The summed E-state index contributed by atoms with van der Waals surface area (Å²) in [5, 5.41) is 12.8. The topological polar surface area (TPSA) is 66.5 Å². The van der Waals surface area contributed by atoms with Crippen LogP contribution in [0.5, 0.6) is 0 Å². The molecule has 3 aromatic rings. The van der Waals surface area contributed by atoms with Crippen molar-refractivity contribution < 1.29 is 0 Å². The van der Waals surface area contributed by atoms with Gasteiger partial charge in [0.15, 0.2) is 5.82 Å². The molecule has 3 aromatic heterocycles. The van der Waals surface area contributed by atoms with E-state index in [4.69, 9.17) is 4.98 Å². The Hall–Kier alpha value is -2.21. The van der Waals surface area contributed by atoms with Crippen LogP contribution in [0.1, 0.15) is 46.4 Å². The first-order valence-corrected chi connectivity index (χ1v) is 8.78. The third-order valence-electron chi connectivity index (χ3n) is 4.23. The maximum absolute atomic E-state index is 4.71. The zero-order chi connectivity index (χ0) is 15.8. The van der Waals surface area contributed by atoms with Crippen LogP contribution in [0.2, 0.25) is 0 Å². The van der Waals surface area contributed by atoms with E-state index in [1.807, 2.05) is 31.3 Å². The second-order valence-corrected chi connectivity index (χ2v) is 6.98. The van der Waals surface area contributed by atoms with Crippen molar-refractivity contribution in [2.45, 2.75) is 39.0 Å². The summed E-state index contributed by atoms with van der Waals surface area (Å²) in [5.41, 5.74) is 3.45. The van der Waals surface area contributed by atoms with E-state index in [1.54, 1.807) is 0 Å². The molecule has 0 amide bonds. The first kappa shape index (κ1) is 14.4. The number of nitrogens with one attached hydrogen (secondary N) is 2. The quantitative estimate of drug-likeness (QED) is 0.761. The van der Waals surface area contributed by atoms with E-state index in [9.17, 15) is 0 Å². The molecule has 1 aliphatic carbocycles. The summed E-state index contributed by atoms with van der Waals surface area (Å²) in [4.78, 5) is 10.8. The van der Waals surface area contributed by atoms with E-state index in [0.29, 0.717) is 5.92 Å². The molecule has 0 saturated heterocycles. The Labute approximate surface area is 139 Å². The molecule has 23 heavy (non-hydrogen) atoms. The highest BCUT2D eigenvalue weighted by Gasteiger charge is 2.28. The predicted octanol–water partition coefficient (Wildman–Crippen LogP) is 4.09. The zero-order valence-corrected chi connectivity index (χ0v) is 14.1. The van der Waals surface area contributed by atoms with Crippen LogP contribution in [0.25, 0.3) is 0 Å². The van der Waals surface area contributed by atoms with E-state index in [0.717, 1.165) is 36.0 Å². The molecule has 0 aliphatic heterocycles. The lowest BCUT2D eigenvalue weighted by Crippen LogP contribution is -2.16. The lowest BCUT2D eigenvalue weighted by Gasteiger charge is -2.26. The molecule has 1 aliphatic rings. The van der Waals surface area contributed by atoms with Gasteiger partial charge in [-0.15, -0.1) is 11.3 Å². The molecule has 6 heteroatoms.